The first-order chi connectivity index (χ1) is 7.72. The second kappa shape index (κ2) is 8.15. The van der Waals surface area contributed by atoms with E-state index in [1.807, 2.05) is 11.8 Å². The monoisotopic (exact) mass is 301 g/mol. The van der Waals surface area contributed by atoms with Gasteiger partial charge in [0, 0.05) is 15.4 Å². The normalized spacial score (nSPS) is 12.7. The van der Waals surface area contributed by atoms with E-state index in [9.17, 15) is 0 Å². The number of rotatable bonds is 7. The lowest BCUT2D eigenvalue weighted by Gasteiger charge is -2.11. The minimum absolute atomic E-state index is 0.646. The molecule has 1 aromatic carbocycles. The maximum Gasteiger partial charge on any atom is 0.0186 e. The van der Waals surface area contributed by atoms with Gasteiger partial charge < -0.3 is 5.32 Å². The average molecular weight is 302 g/mol. The van der Waals surface area contributed by atoms with Crippen molar-refractivity contribution in [2.45, 2.75) is 37.6 Å². The van der Waals surface area contributed by atoms with E-state index in [4.69, 9.17) is 0 Å². The summed E-state index contributed by atoms with van der Waals surface area (Å²) in [6.07, 6.45) is 2.53. The summed E-state index contributed by atoms with van der Waals surface area (Å²) in [5.41, 5.74) is 0. The van der Waals surface area contributed by atoms with E-state index in [1.54, 1.807) is 0 Å². The Hall–Kier alpha value is 0.01000. The minimum atomic E-state index is 0.646. The van der Waals surface area contributed by atoms with Gasteiger partial charge in [0.25, 0.3) is 0 Å². The molecule has 0 saturated carbocycles. The van der Waals surface area contributed by atoms with Gasteiger partial charge in [-0.3, -0.25) is 0 Å². The molecule has 16 heavy (non-hydrogen) atoms. The van der Waals surface area contributed by atoms with Crippen LogP contribution in [0.25, 0.3) is 0 Å². The topological polar surface area (TPSA) is 12.0 Å². The van der Waals surface area contributed by atoms with Gasteiger partial charge in [0.2, 0.25) is 0 Å². The first-order valence-corrected chi connectivity index (χ1v) is 7.62. The lowest BCUT2D eigenvalue weighted by Crippen LogP contribution is -2.25. The first-order valence-electron chi connectivity index (χ1n) is 5.84. The van der Waals surface area contributed by atoms with Crippen LogP contribution in [-0.2, 0) is 0 Å². The molecule has 0 aliphatic heterocycles. The molecule has 0 spiro atoms. The molecule has 1 nitrogen and oxygen atoms in total. The number of nitrogens with one attached hydrogen (secondary N) is 1. The van der Waals surface area contributed by atoms with E-state index < -0.39 is 0 Å². The van der Waals surface area contributed by atoms with Crippen LogP contribution in [0.4, 0.5) is 0 Å². The predicted molar refractivity (Wildman–Crippen MR) is 77.2 cm³/mol. The molecule has 0 fully saturated rings. The Kier molecular flexibility index (Phi) is 7.17. The first kappa shape index (κ1) is 14.1. The van der Waals surface area contributed by atoms with Gasteiger partial charge in [0.1, 0.15) is 0 Å². The van der Waals surface area contributed by atoms with Gasteiger partial charge in [-0.15, -0.1) is 11.8 Å². The van der Waals surface area contributed by atoms with Gasteiger partial charge in [-0.25, -0.2) is 0 Å². The molecule has 0 radical (unpaired) electrons. The van der Waals surface area contributed by atoms with Gasteiger partial charge in [-0.05, 0) is 50.3 Å². The van der Waals surface area contributed by atoms with Gasteiger partial charge in [-0.2, -0.15) is 0 Å². The van der Waals surface area contributed by atoms with Crippen molar-refractivity contribution < 1.29 is 0 Å². The fourth-order valence-corrected chi connectivity index (χ4v) is 3.07. The lowest BCUT2D eigenvalue weighted by molar-refractivity contribution is 0.526. The summed E-state index contributed by atoms with van der Waals surface area (Å²) in [5, 5.41) is 3.44. The third-order valence-electron chi connectivity index (χ3n) is 2.40. The smallest absolute Gasteiger partial charge is 0.0186 e. The van der Waals surface area contributed by atoms with Gasteiger partial charge in [0.15, 0.2) is 0 Å². The molecule has 0 amide bonds. The van der Waals surface area contributed by atoms with Crippen molar-refractivity contribution in [3.05, 3.63) is 28.7 Å². The highest BCUT2D eigenvalue weighted by Crippen LogP contribution is 2.22. The summed E-state index contributed by atoms with van der Waals surface area (Å²) in [5.74, 6) is 1.20. The van der Waals surface area contributed by atoms with Crippen molar-refractivity contribution >= 4 is 27.7 Å². The summed E-state index contributed by atoms with van der Waals surface area (Å²) in [6.45, 7) is 5.49. The van der Waals surface area contributed by atoms with Crippen LogP contribution in [-0.4, -0.2) is 18.3 Å². The second-order valence-corrected chi connectivity index (χ2v) is 5.99. The zero-order chi connectivity index (χ0) is 11.8. The summed E-state index contributed by atoms with van der Waals surface area (Å²) < 4.78 is 1.17. The van der Waals surface area contributed by atoms with Crippen LogP contribution in [0.5, 0.6) is 0 Å². The summed E-state index contributed by atoms with van der Waals surface area (Å²) in [6, 6.07) is 9.15. The molecule has 90 valence electrons. The van der Waals surface area contributed by atoms with Crippen LogP contribution in [0, 0.1) is 0 Å². The molecule has 1 rings (SSSR count). The predicted octanol–water partition coefficient (Wildman–Crippen LogP) is 4.32. The highest BCUT2D eigenvalue weighted by molar-refractivity contribution is 9.10. The second-order valence-electron chi connectivity index (χ2n) is 3.91. The van der Waals surface area contributed by atoms with E-state index >= 15 is 0 Å². The molecular formula is C13H20BrNS. The zero-order valence-electron chi connectivity index (χ0n) is 10.0. The highest BCUT2D eigenvalue weighted by Gasteiger charge is 2.00. The number of thioether (sulfide) groups is 1. The lowest BCUT2D eigenvalue weighted by atomic mass is 10.2. The van der Waals surface area contributed by atoms with E-state index in [0.29, 0.717) is 6.04 Å². The van der Waals surface area contributed by atoms with Crippen molar-refractivity contribution in [3.8, 4) is 0 Å². The summed E-state index contributed by atoms with van der Waals surface area (Å²) in [7, 11) is 0. The number of halogens is 1. The fraction of sp³-hybridized carbons (Fsp3) is 0.538. The van der Waals surface area contributed by atoms with Crippen LogP contribution < -0.4 is 5.32 Å². The Morgan fingerprint density at radius 2 is 2.25 bits per heavy atom. The highest BCUT2D eigenvalue weighted by atomic mass is 79.9. The maximum absolute atomic E-state index is 3.49. The van der Waals surface area contributed by atoms with Crippen molar-refractivity contribution in [2.75, 3.05) is 12.3 Å². The molecule has 0 saturated heterocycles. The van der Waals surface area contributed by atoms with Crippen molar-refractivity contribution in [3.63, 3.8) is 0 Å². The maximum atomic E-state index is 3.49. The molecule has 1 aromatic rings. The summed E-state index contributed by atoms with van der Waals surface area (Å²) in [4.78, 5) is 1.35. The Morgan fingerprint density at radius 3 is 2.94 bits per heavy atom. The molecular weight excluding hydrogens is 282 g/mol. The number of hydrogen-bond donors (Lipinski definition) is 1. The third kappa shape index (κ3) is 5.92. The molecule has 0 aliphatic rings. The zero-order valence-corrected chi connectivity index (χ0v) is 12.4. The van der Waals surface area contributed by atoms with Crippen LogP contribution in [0.2, 0.25) is 0 Å². The van der Waals surface area contributed by atoms with Crippen LogP contribution in [0.15, 0.2) is 33.6 Å². The molecule has 1 N–H and O–H groups in total. The minimum Gasteiger partial charge on any atom is -0.315 e. The molecule has 0 aromatic heterocycles. The van der Waals surface area contributed by atoms with Gasteiger partial charge in [0.05, 0.1) is 0 Å². The molecule has 3 heteroatoms. The Morgan fingerprint density at radius 1 is 1.44 bits per heavy atom. The Labute approximate surface area is 112 Å². The standard InChI is InChI=1S/C13H20BrNS/c1-3-15-11(2)6-5-9-16-13-8-4-7-12(14)10-13/h4,7-8,10-11,15H,3,5-6,9H2,1-2H3. The molecule has 0 heterocycles. The SMILES string of the molecule is CCNC(C)CCCSc1cccc(Br)c1. The molecule has 0 bridgehead atoms. The Bertz CT molecular complexity index is 304. The van der Waals surface area contributed by atoms with Gasteiger partial charge >= 0.3 is 0 Å². The average Bonchev–Trinajstić information content (AvgIpc) is 2.25. The number of benzene rings is 1. The molecule has 1 atom stereocenters. The largest absolute Gasteiger partial charge is 0.315 e. The summed E-state index contributed by atoms with van der Waals surface area (Å²) >= 11 is 5.43. The van der Waals surface area contributed by atoms with Crippen LogP contribution in [0.3, 0.4) is 0 Å². The van der Waals surface area contributed by atoms with E-state index in [1.165, 1.54) is 28.0 Å². The van der Waals surface area contributed by atoms with Crippen molar-refractivity contribution in [2.24, 2.45) is 0 Å². The molecule has 0 aliphatic carbocycles. The van der Waals surface area contributed by atoms with Crippen molar-refractivity contribution in [1.29, 1.82) is 0 Å². The van der Waals surface area contributed by atoms with E-state index in [2.05, 4.69) is 59.4 Å². The fourth-order valence-electron chi connectivity index (χ4n) is 1.59. The third-order valence-corrected chi connectivity index (χ3v) is 3.97. The van der Waals surface area contributed by atoms with E-state index in [-0.39, 0.29) is 0 Å². The Balaban J connectivity index is 2.16. The van der Waals surface area contributed by atoms with E-state index in [0.717, 1.165) is 6.54 Å². The number of hydrogen-bond acceptors (Lipinski definition) is 2. The van der Waals surface area contributed by atoms with Crippen molar-refractivity contribution in [1.82, 2.24) is 5.32 Å². The van der Waals surface area contributed by atoms with Crippen LogP contribution in [0.1, 0.15) is 26.7 Å². The van der Waals surface area contributed by atoms with Gasteiger partial charge in [-0.1, -0.05) is 28.9 Å². The molecule has 1 unspecified atom stereocenters. The van der Waals surface area contributed by atoms with Crippen LogP contribution >= 0.6 is 27.7 Å². The quantitative estimate of drug-likeness (QED) is 0.594.